The summed E-state index contributed by atoms with van der Waals surface area (Å²) in [6, 6.07) is 3.28. The van der Waals surface area contributed by atoms with Gasteiger partial charge in [0.15, 0.2) is 23.0 Å². The highest BCUT2D eigenvalue weighted by molar-refractivity contribution is 6.02. The van der Waals surface area contributed by atoms with Gasteiger partial charge in [-0.2, -0.15) is 4.68 Å². The van der Waals surface area contributed by atoms with E-state index in [1.807, 2.05) is 0 Å². The average molecular weight is 424 g/mol. The molecule has 1 atom stereocenters. The Bertz CT molecular complexity index is 1170. The number of hydrogen-bond donors (Lipinski definition) is 0. The fourth-order valence-corrected chi connectivity index (χ4v) is 2.70. The molecular weight excluding hydrogens is 409 g/mol. The number of carbonyl (C=O) groups excluding carboxylic acids is 2. The van der Waals surface area contributed by atoms with Crippen LogP contribution in [0.15, 0.2) is 35.4 Å². The molecule has 10 nitrogen and oxygen atoms in total. The Morgan fingerprint density at radius 2 is 1.80 bits per heavy atom. The van der Waals surface area contributed by atoms with Gasteiger partial charge < -0.3 is 9.64 Å². The van der Waals surface area contributed by atoms with Crippen molar-refractivity contribution in [3.8, 4) is 11.4 Å². The first-order valence-corrected chi connectivity index (χ1v) is 8.40. The summed E-state index contributed by atoms with van der Waals surface area (Å²) in [7, 11) is 2.88. The van der Waals surface area contributed by atoms with E-state index in [9.17, 15) is 27.6 Å². The van der Waals surface area contributed by atoms with Crippen LogP contribution in [0.5, 0.6) is 5.75 Å². The van der Waals surface area contributed by atoms with Crippen LogP contribution in [-0.2, 0) is 9.59 Å². The maximum absolute atomic E-state index is 12.8. The summed E-state index contributed by atoms with van der Waals surface area (Å²) in [6.45, 7) is 1.17. The molecule has 3 aromatic rings. The predicted molar refractivity (Wildman–Crippen MR) is 96.0 cm³/mol. The van der Waals surface area contributed by atoms with Gasteiger partial charge in [0, 0.05) is 14.1 Å². The standard InChI is InChI=1S/C17H15F3N6O4/c1-9(27)13(16(29)24(2)3)25-8-21-14-12(15(25)28)22-23-26(14)10-4-6-11(7-5-10)30-17(18,19)20/h4-8,13H,1-3H3. The molecular formula is C17H15F3N6O4. The highest BCUT2D eigenvalue weighted by atomic mass is 19.4. The molecule has 0 aliphatic carbocycles. The van der Waals surface area contributed by atoms with Crippen LogP contribution < -0.4 is 10.3 Å². The number of aromatic nitrogens is 5. The highest BCUT2D eigenvalue weighted by Crippen LogP contribution is 2.24. The summed E-state index contributed by atoms with van der Waals surface area (Å²) in [5.74, 6) is -1.61. The summed E-state index contributed by atoms with van der Waals surface area (Å²) < 4.78 is 42.7. The van der Waals surface area contributed by atoms with Crippen LogP contribution >= 0.6 is 0 Å². The lowest BCUT2D eigenvalue weighted by Gasteiger charge is -2.19. The van der Waals surface area contributed by atoms with Gasteiger partial charge in [-0.1, -0.05) is 5.21 Å². The quantitative estimate of drug-likeness (QED) is 0.564. The number of halogens is 3. The summed E-state index contributed by atoms with van der Waals surface area (Å²) in [6.07, 6.45) is -3.80. The van der Waals surface area contributed by atoms with Gasteiger partial charge in [-0.25, -0.2) is 4.98 Å². The Kier molecular flexibility index (Phi) is 5.29. The maximum Gasteiger partial charge on any atom is 0.573 e. The molecule has 0 fully saturated rings. The van der Waals surface area contributed by atoms with Gasteiger partial charge in [0.05, 0.1) is 5.69 Å². The van der Waals surface area contributed by atoms with E-state index in [0.29, 0.717) is 0 Å². The average Bonchev–Trinajstić information content (AvgIpc) is 3.07. The van der Waals surface area contributed by atoms with E-state index in [-0.39, 0.29) is 16.9 Å². The molecule has 13 heteroatoms. The number of ketones is 1. The SMILES string of the molecule is CC(=O)C(C(=O)N(C)C)n1cnc2c(nnn2-c2ccc(OC(F)(F)F)cc2)c1=O. The van der Waals surface area contributed by atoms with Gasteiger partial charge in [-0.3, -0.25) is 19.0 Å². The monoisotopic (exact) mass is 424 g/mol. The lowest BCUT2D eigenvalue weighted by atomic mass is 10.2. The second kappa shape index (κ2) is 7.57. The Morgan fingerprint density at radius 3 is 2.33 bits per heavy atom. The normalized spacial score (nSPS) is 12.6. The van der Waals surface area contributed by atoms with E-state index in [1.54, 1.807) is 0 Å². The largest absolute Gasteiger partial charge is 0.573 e. The summed E-state index contributed by atoms with van der Waals surface area (Å²) in [4.78, 5) is 42.3. The third-order valence-electron chi connectivity index (χ3n) is 4.04. The Balaban J connectivity index is 2.03. The molecule has 3 rings (SSSR count). The maximum atomic E-state index is 12.8. The fourth-order valence-electron chi connectivity index (χ4n) is 2.70. The number of carbonyl (C=O) groups is 2. The number of amides is 1. The minimum absolute atomic E-state index is 0.000318. The zero-order valence-electron chi connectivity index (χ0n) is 15.9. The number of rotatable bonds is 5. The van der Waals surface area contributed by atoms with Crippen LogP contribution in [0.1, 0.15) is 13.0 Å². The molecule has 0 saturated carbocycles. The number of likely N-dealkylation sites (N-methyl/N-ethyl adjacent to an activating group) is 1. The first kappa shape index (κ1) is 21.0. The van der Waals surface area contributed by atoms with Gasteiger partial charge in [-0.05, 0) is 31.2 Å². The van der Waals surface area contributed by atoms with Gasteiger partial charge in [0.25, 0.3) is 11.5 Å². The van der Waals surface area contributed by atoms with Crippen molar-refractivity contribution in [3.63, 3.8) is 0 Å². The molecule has 0 radical (unpaired) electrons. The second-order valence-corrected chi connectivity index (χ2v) is 6.42. The first-order chi connectivity index (χ1) is 14.0. The number of ether oxygens (including phenoxy) is 1. The van der Waals surface area contributed by atoms with Crippen molar-refractivity contribution in [1.29, 1.82) is 0 Å². The van der Waals surface area contributed by atoms with E-state index in [1.165, 1.54) is 38.1 Å². The molecule has 2 aromatic heterocycles. The van der Waals surface area contributed by atoms with Gasteiger partial charge in [-0.15, -0.1) is 18.3 Å². The molecule has 0 bridgehead atoms. The smallest absolute Gasteiger partial charge is 0.406 e. The van der Waals surface area contributed by atoms with Crippen LogP contribution in [0.3, 0.4) is 0 Å². The third-order valence-corrected chi connectivity index (χ3v) is 4.04. The van der Waals surface area contributed by atoms with E-state index in [4.69, 9.17) is 0 Å². The first-order valence-electron chi connectivity index (χ1n) is 8.40. The molecule has 0 aliphatic rings. The highest BCUT2D eigenvalue weighted by Gasteiger charge is 2.31. The van der Waals surface area contributed by atoms with Crippen molar-refractivity contribution in [2.75, 3.05) is 14.1 Å². The zero-order chi connectivity index (χ0) is 22.2. The van der Waals surface area contributed by atoms with Crippen LogP contribution in [0, 0.1) is 0 Å². The minimum Gasteiger partial charge on any atom is -0.406 e. The summed E-state index contributed by atoms with van der Waals surface area (Å²) in [5, 5.41) is 7.56. The van der Waals surface area contributed by atoms with Crippen LogP contribution in [0.2, 0.25) is 0 Å². The zero-order valence-corrected chi connectivity index (χ0v) is 15.9. The Morgan fingerprint density at radius 1 is 1.17 bits per heavy atom. The van der Waals surface area contributed by atoms with Gasteiger partial charge in [0.1, 0.15) is 12.1 Å². The predicted octanol–water partition coefficient (Wildman–Crippen LogP) is 1.09. The molecule has 0 saturated heterocycles. The van der Waals surface area contributed by atoms with Crippen molar-refractivity contribution in [2.24, 2.45) is 0 Å². The van der Waals surface area contributed by atoms with Crippen molar-refractivity contribution < 1.29 is 27.5 Å². The van der Waals surface area contributed by atoms with E-state index in [0.717, 1.165) is 27.7 Å². The van der Waals surface area contributed by atoms with Crippen LogP contribution in [0.4, 0.5) is 13.2 Å². The van der Waals surface area contributed by atoms with Crippen molar-refractivity contribution in [2.45, 2.75) is 19.3 Å². The number of benzene rings is 1. The summed E-state index contributed by atoms with van der Waals surface area (Å²) in [5.41, 5.74) is -0.714. The molecule has 1 amide bonds. The summed E-state index contributed by atoms with van der Waals surface area (Å²) >= 11 is 0. The lowest BCUT2D eigenvalue weighted by molar-refractivity contribution is -0.274. The fraction of sp³-hybridized carbons (Fsp3) is 0.294. The van der Waals surface area contributed by atoms with E-state index < -0.39 is 35.4 Å². The van der Waals surface area contributed by atoms with Crippen molar-refractivity contribution in [1.82, 2.24) is 29.4 Å². The van der Waals surface area contributed by atoms with Crippen molar-refractivity contribution in [3.05, 3.63) is 40.9 Å². The second-order valence-electron chi connectivity index (χ2n) is 6.42. The number of hydrogen-bond acceptors (Lipinski definition) is 7. The number of nitrogens with zero attached hydrogens (tertiary/aromatic N) is 6. The lowest BCUT2D eigenvalue weighted by Crippen LogP contribution is -2.40. The minimum atomic E-state index is -4.83. The number of alkyl halides is 3. The molecule has 0 N–H and O–H groups in total. The Labute approximate surface area is 166 Å². The van der Waals surface area contributed by atoms with Crippen LogP contribution in [0.25, 0.3) is 16.9 Å². The molecule has 158 valence electrons. The molecule has 0 aliphatic heterocycles. The molecule has 1 aromatic carbocycles. The van der Waals surface area contributed by atoms with E-state index in [2.05, 4.69) is 20.0 Å². The molecule has 30 heavy (non-hydrogen) atoms. The molecule has 2 heterocycles. The van der Waals surface area contributed by atoms with E-state index >= 15 is 0 Å². The molecule has 1 unspecified atom stereocenters. The van der Waals surface area contributed by atoms with Crippen LogP contribution in [-0.4, -0.2) is 61.6 Å². The third kappa shape index (κ3) is 3.99. The Hall–Kier alpha value is -3.77. The van der Waals surface area contributed by atoms with Crippen molar-refractivity contribution >= 4 is 22.9 Å². The molecule has 0 spiro atoms. The van der Waals surface area contributed by atoms with Gasteiger partial charge >= 0.3 is 6.36 Å². The number of fused-ring (bicyclic) bond motifs is 1. The van der Waals surface area contributed by atoms with Gasteiger partial charge in [0.2, 0.25) is 0 Å². The topological polar surface area (TPSA) is 112 Å². The number of Topliss-reactive ketones (excluding diaryl/α,β-unsaturated/α-hetero) is 1.